The molecular weight excluding hydrogens is 517 g/mol. The van der Waals surface area contributed by atoms with Crippen LogP contribution in [0.2, 0.25) is 5.02 Å². The minimum absolute atomic E-state index is 0.0530. The molecule has 2 aromatic heterocycles. The molecule has 2 fully saturated rings. The Balaban J connectivity index is 1.17. The highest BCUT2D eigenvalue weighted by atomic mass is 35.5. The maximum atomic E-state index is 14.4. The fourth-order valence-electron chi connectivity index (χ4n) is 5.87. The summed E-state index contributed by atoms with van der Waals surface area (Å²) < 4.78 is 20.2. The van der Waals surface area contributed by atoms with Crippen LogP contribution in [0.4, 0.5) is 15.8 Å². The van der Waals surface area contributed by atoms with Gasteiger partial charge in [-0.3, -0.25) is 9.78 Å². The molecule has 1 N–H and O–H groups in total. The van der Waals surface area contributed by atoms with Crippen LogP contribution in [0.15, 0.2) is 60.9 Å². The average Bonchev–Trinajstić information content (AvgIpc) is 3.36. The van der Waals surface area contributed by atoms with Crippen LogP contribution in [0, 0.1) is 17.2 Å². The van der Waals surface area contributed by atoms with Gasteiger partial charge in [0.05, 0.1) is 29.0 Å². The molecular formula is C30H29ClFN5O2. The third-order valence-corrected chi connectivity index (χ3v) is 8.39. The van der Waals surface area contributed by atoms with Crippen molar-refractivity contribution in [3.63, 3.8) is 0 Å². The SMILES string of the molecule is CN1CCC2(CCC(C(=O)Oc3ccc4c(Nc5cnnc(-c6cc(Cl)ccc6F)c5)ccnc4c3)C2)CC1. The second-order valence-electron chi connectivity index (χ2n) is 10.8. The topological polar surface area (TPSA) is 80.2 Å². The second-order valence-corrected chi connectivity index (χ2v) is 11.2. The quantitative estimate of drug-likeness (QED) is 0.222. The van der Waals surface area contributed by atoms with Gasteiger partial charge in [-0.25, -0.2) is 4.39 Å². The Kier molecular flexibility index (Phi) is 6.91. The number of ether oxygens (including phenoxy) is 1. The number of likely N-dealkylation sites (tertiary alicyclic amines) is 1. The summed E-state index contributed by atoms with van der Waals surface area (Å²) in [5, 5.41) is 12.7. The Bertz CT molecular complexity index is 1540. The fraction of sp³-hybridized carbons (Fsp3) is 0.333. The lowest BCUT2D eigenvalue weighted by molar-refractivity contribution is -0.139. The van der Waals surface area contributed by atoms with Gasteiger partial charge in [-0.2, -0.15) is 10.2 Å². The van der Waals surface area contributed by atoms with Crippen LogP contribution in [-0.4, -0.2) is 46.2 Å². The van der Waals surface area contributed by atoms with E-state index in [9.17, 15) is 9.18 Å². The number of anilines is 2. The number of pyridine rings is 1. The Hall–Kier alpha value is -3.62. The first-order valence-corrected chi connectivity index (χ1v) is 13.6. The molecule has 1 saturated carbocycles. The van der Waals surface area contributed by atoms with Crippen molar-refractivity contribution in [2.75, 3.05) is 25.5 Å². The van der Waals surface area contributed by atoms with Gasteiger partial charge in [-0.1, -0.05) is 11.6 Å². The predicted molar refractivity (Wildman–Crippen MR) is 150 cm³/mol. The highest BCUT2D eigenvalue weighted by Gasteiger charge is 2.43. The molecule has 1 saturated heterocycles. The first-order valence-electron chi connectivity index (χ1n) is 13.2. The van der Waals surface area contributed by atoms with Crippen molar-refractivity contribution in [1.82, 2.24) is 20.1 Å². The van der Waals surface area contributed by atoms with Gasteiger partial charge < -0.3 is 15.0 Å². The highest BCUT2D eigenvalue weighted by molar-refractivity contribution is 6.30. The van der Waals surface area contributed by atoms with Crippen molar-refractivity contribution in [2.24, 2.45) is 11.3 Å². The molecule has 2 aliphatic rings. The van der Waals surface area contributed by atoms with Crippen LogP contribution >= 0.6 is 11.6 Å². The van der Waals surface area contributed by atoms with E-state index in [2.05, 4.69) is 32.4 Å². The lowest BCUT2D eigenvalue weighted by Gasteiger charge is -2.37. The Morgan fingerprint density at radius 3 is 2.82 bits per heavy atom. The molecule has 3 heterocycles. The number of piperidine rings is 1. The van der Waals surface area contributed by atoms with Gasteiger partial charge in [0, 0.05) is 33.9 Å². The summed E-state index contributed by atoms with van der Waals surface area (Å²) in [6, 6.07) is 13.3. The van der Waals surface area contributed by atoms with Crippen LogP contribution in [0.3, 0.4) is 0 Å². The second kappa shape index (κ2) is 10.5. The maximum absolute atomic E-state index is 14.4. The van der Waals surface area contributed by atoms with Crippen molar-refractivity contribution >= 4 is 39.8 Å². The highest BCUT2D eigenvalue weighted by Crippen LogP contribution is 2.49. The van der Waals surface area contributed by atoms with Crippen LogP contribution in [0.1, 0.15) is 32.1 Å². The van der Waals surface area contributed by atoms with E-state index in [0.29, 0.717) is 33.1 Å². The van der Waals surface area contributed by atoms with Gasteiger partial charge in [-0.05, 0) is 100 Å². The molecule has 200 valence electrons. The number of carbonyl (C=O) groups is 1. The van der Waals surface area contributed by atoms with Crippen molar-refractivity contribution in [2.45, 2.75) is 32.1 Å². The van der Waals surface area contributed by atoms with E-state index in [1.165, 1.54) is 18.2 Å². The fourth-order valence-corrected chi connectivity index (χ4v) is 6.04. The minimum atomic E-state index is -0.429. The normalized spacial score (nSPS) is 18.9. The molecule has 7 nitrogen and oxygen atoms in total. The summed E-state index contributed by atoms with van der Waals surface area (Å²) in [4.78, 5) is 19.9. The van der Waals surface area contributed by atoms with E-state index in [1.54, 1.807) is 30.6 Å². The number of aromatic nitrogens is 3. The summed E-state index contributed by atoms with van der Waals surface area (Å²) in [7, 11) is 2.16. The van der Waals surface area contributed by atoms with E-state index < -0.39 is 5.82 Å². The van der Waals surface area contributed by atoms with Gasteiger partial charge in [-0.15, -0.1) is 0 Å². The maximum Gasteiger partial charge on any atom is 0.314 e. The molecule has 1 aliphatic carbocycles. The van der Waals surface area contributed by atoms with Gasteiger partial charge in [0.15, 0.2) is 0 Å². The van der Waals surface area contributed by atoms with Gasteiger partial charge in [0.2, 0.25) is 0 Å². The number of esters is 1. The van der Waals surface area contributed by atoms with E-state index >= 15 is 0 Å². The third-order valence-electron chi connectivity index (χ3n) is 8.15. The smallest absolute Gasteiger partial charge is 0.314 e. The molecule has 4 aromatic rings. The van der Waals surface area contributed by atoms with Gasteiger partial charge >= 0.3 is 5.97 Å². The number of carbonyl (C=O) groups excluding carboxylic acids is 1. The summed E-state index contributed by atoms with van der Waals surface area (Å²) in [5.74, 6) is -0.141. The minimum Gasteiger partial charge on any atom is -0.426 e. The molecule has 0 radical (unpaired) electrons. The first-order chi connectivity index (χ1) is 18.9. The summed E-state index contributed by atoms with van der Waals surface area (Å²) >= 11 is 6.05. The van der Waals surface area contributed by atoms with Crippen molar-refractivity contribution in [1.29, 1.82) is 0 Å². The largest absolute Gasteiger partial charge is 0.426 e. The molecule has 1 aliphatic heterocycles. The van der Waals surface area contributed by atoms with Crippen LogP contribution < -0.4 is 10.1 Å². The Morgan fingerprint density at radius 1 is 1.13 bits per heavy atom. The molecule has 6 rings (SSSR count). The zero-order valence-electron chi connectivity index (χ0n) is 21.7. The van der Waals surface area contributed by atoms with E-state index in [0.717, 1.165) is 56.3 Å². The lowest BCUT2D eigenvalue weighted by atomic mass is 9.76. The van der Waals surface area contributed by atoms with Gasteiger partial charge in [0.1, 0.15) is 11.6 Å². The summed E-state index contributed by atoms with van der Waals surface area (Å²) in [6.07, 6.45) is 8.47. The number of rotatable bonds is 5. The zero-order valence-corrected chi connectivity index (χ0v) is 22.4. The predicted octanol–water partition coefficient (Wildman–Crippen LogP) is 6.65. The first kappa shape index (κ1) is 25.6. The molecule has 0 amide bonds. The molecule has 1 unspecified atom stereocenters. The lowest BCUT2D eigenvalue weighted by Crippen LogP contribution is -2.36. The van der Waals surface area contributed by atoms with Crippen LogP contribution in [0.25, 0.3) is 22.2 Å². The van der Waals surface area contributed by atoms with Crippen molar-refractivity contribution < 1.29 is 13.9 Å². The van der Waals surface area contributed by atoms with E-state index in [1.807, 2.05) is 12.1 Å². The molecule has 2 aromatic carbocycles. The Labute approximate surface area is 231 Å². The average molecular weight is 546 g/mol. The van der Waals surface area contributed by atoms with Crippen molar-refractivity contribution in [3.8, 4) is 17.0 Å². The summed E-state index contributed by atoms with van der Waals surface area (Å²) in [5.41, 5.74) is 3.03. The van der Waals surface area contributed by atoms with E-state index in [4.69, 9.17) is 16.3 Å². The number of benzene rings is 2. The Morgan fingerprint density at radius 2 is 1.97 bits per heavy atom. The molecule has 39 heavy (non-hydrogen) atoms. The third kappa shape index (κ3) is 5.44. The van der Waals surface area contributed by atoms with Crippen LogP contribution in [-0.2, 0) is 4.79 Å². The monoisotopic (exact) mass is 545 g/mol. The number of halogens is 2. The van der Waals surface area contributed by atoms with Crippen molar-refractivity contribution in [3.05, 3.63) is 71.8 Å². The summed E-state index contributed by atoms with van der Waals surface area (Å²) in [6.45, 7) is 2.20. The molecule has 0 bridgehead atoms. The van der Waals surface area contributed by atoms with Crippen LogP contribution in [0.5, 0.6) is 5.75 Å². The number of fused-ring (bicyclic) bond motifs is 1. The molecule has 9 heteroatoms. The number of nitrogens with one attached hydrogen (secondary N) is 1. The standard InChI is InChI=1S/C30H29ClFN5O2/c1-37-12-9-30(10-13-37)8-6-19(17-30)29(38)39-22-3-4-23-26(7-11-33-27(23)16-22)35-21-15-28(36-34-18-21)24-14-20(31)2-5-25(24)32/h2-5,7,11,14-16,18-19H,6,8-10,12-13,17H2,1H3,(H,33,35,36). The van der Waals surface area contributed by atoms with E-state index in [-0.39, 0.29) is 17.5 Å². The zero-order chi connectivity index (χ0) is 27.0. The van der Waals surface area contributed by atoms with Gasteiger partial charge in [0.25, 0.3) is 0 Å². The molecule has 1 spiro atoms. The number of nitrogens with zero attached hydrogens (tertiary/aromatic N) is 4. The number of hydrogen-bond acceptors (Lipinski definition) is 7. The molecule has 1 atom stereocenters. The number of hydrogen-bond donors (Lipinski definition) is 1.